The first-order chi connectivity index (χ1) is 8.61. The molecular weight excluding hydrogens is 226 g/mol. The van der Waals surface area contributed by atoms with Crippen molar-refractivity contribution < 1.29 is 4.74 Å². The lowest BCUT2D eigenvalue weighted by molar-refractivity contribution is 0.304. The van der Waals surface area contributed by atoms with Crippen LogP contribution in [0.1, 0.15) is 43.9 Å². The number of nitrogens with zero attached hydrogens (tertiary/aromatic N) is 2. The number of methoxy groups -OCH3 is 1. The van der Waals surface area contributed by atoms with E-state index in [-0.39, 0.29) is 0 Å². The Labute approximate surface area is 110 Å². The molecule has 1 aromatic heterocycles. The van der Waals surface area contributed by atoms with E-state index < -0.39 is 0 Å². The molecular formula is C14H25N3O. The van der Waals surface area contributed by atoms with E-state index >= 15 is 0 Å². The summed E-state index contributed by atoms with van der Waals surface area (Å²) in [6.07, 6.45) is 5.28. The van der Waals surface area contributed by atoms with E-state index in [0.717, 1.165) is 24.0 Å². The van der Waals surface area contributed by atoms with Crippen LogP contribution in [0.2, 0.25) is 0 Å². The molecule has 0 unspecified atom stereocenters. The van der Waals surface area contributed by atoms with Crippen molar-refractivity contribution in [1.29, 1.82) is 0 Å². The standard InChI is InChI=1S/C14H25N3O/c1-10-5-7-12(8-6-10)15-9-13-11(2)16-17(3)14(13)18-4/h10,12,15H,5-9H2,1-4H3. The zero-order valence-electron chi connectivity index (χ0n) is 12.0. The normalized spacial score (nSPS) is 24.2. The Bertz CT molecular complexity index is 392. The maximum Gasteiger partial charge on any atom is 0.216 e. The smallest absolute Gasteiger partial charge is 0.216 e. The lowest BCUT2D eigenvalue weighted by atomic mass is 9.87. The van der Waals surface area contributed by atoms with Crippen LogP contribution in [0.5, 0.6) is 5.88 Å². The van der Waals surface area contributed by atoms with Crippen LogP contribution in [-0.4, -0.2) is 22.9 Å². The van der Waals surface area contributed by atoms with Crippen molar-refractivity contribution in [2.45, 2.75) is 52.1 Å². The molecule has 0 radical (unpaired) electrons. The highest BCUT2D eigenvalue weighted by Crippen LogP contribution is 2.25. The summed E-state index contributed by atoms with van der Waals surface area (Å²) < 4.78 is 7.23. The van der Waals surface area contributed by atoms with Crippen molar-refractivity contribution in [3.8, 4) is 5.88 Å². The highest BCUT2D eigenvalue weighted by molar-refractivity contribution is 5.30. The second-order valence-corrected chi connectivity index (χ2v) is 5.53. The molecule has 0 spiro atoms. The topological polar surface area (TPSA) is 39.1 Å². The van der Waals surface area contributed by atoms with Gasteiger partial charge in [-0.3, -0.25) is 0 Å². The minimum Gasteiger partial charge on any atom is -0.481 e. The Morgan fingerprint density at radius 1 is 1.33 bits per heavy atom. The second-order valence-electron chi connectivity index (χ2n) is 5.53. The molecule has 0 aliphatic heterocycles. The molecule has 0 amide bonds. The van der Waals surface area contributed by atoms with Gasteiger partial charge < -0.3 is 10.1 Å². The average molecular weight is 251 g/mol. The van der Waals surface area contributed by atoms with Crippen LogP contribution in [-0.2, 0) is 13.6 Å². The third-order valence-electron chi connectivity index (χ3n) is 4.07. The summed E-state index contributed by atoms with van der Waals surface area (Å²) in [6.45, 7) is 5.26. The van der Waals surface area contributed by atoms with Crippen molar-refractivity contribution in [2.24, 2.45) is 13.0 Å². The van der Waals surface area contributed by atoms with Crippen molar-refractivity contribution in [3.63, 3.8) is 0 Å². The van der Waals surface area contributed by atoms with Gasteiger partial charge in [0.1, 0.15) is 0 Å². The number of rotatable bonds is 4. The van der Waals surface area contributed by atoms with Crippen LogP contribution < -0.4 is 10.1 Å². The summed E-state index contributed by atoms with van der Waals surface area (Å²) >= 11 is 0. The van der Waals surface area contributed by atoms with Gasteiger partial charge in [0, 0.05) is 19.6 Å². The fourth-order valence-corrected chi connectivity index (χ4v) is 2.85. The predicted molar refractivity (Wildman–Crippen MR) is 72.8 cm³/mol. The van der Waals surface area contributed by atoms with E-state index in [1.165, 1.54) is 31.2 Å². The molecule has 1 aromatic rings. The van der Waals surface area contributed by atoms with Crippen LogP contribution >= 0.6 is 0 Å². The summed E-state index contributed by atoms with van der Waals surface area (Å²) in [4.78, 5) is 0. The largest absolute Gasteiger partial charge is 0.481 e. The van der Waals surface area contributed by atoms with Gasteiger partial charge in [-0.05, 0) is 38.5 Å². The van der Waals surface area contributed by atoms with Gasteiger partial charge in [0.15, 0.2) is 0 Å². The van der Waals surface area contributed by atoms with Gasteiger partial charge in [-0.1, -0.05) is 6.92 Å². The van der Waals surface area contributed by atoms with E-state index in [1.54, 1.807) is 7.11 Å². The fraction of sp³-hybridized carbons (Fsp3) is 0.786. The van der Waals surface area contributed by atoms with Crippen molar-refractivity contribution in [2.75, 3.05) is 7.11 Å². The van der Waals surface area contributed by atoms with Gasteiger partial charge in [-0.15, -0.1) is 0 Å². The molecule has 0 atom stereocenters. The molecule has 0 saturated heterocycles. The van der Waals surface area contributed by atoms with Gasteiger partial charge in [-0.25, -0.2) is 4.68 Å². The quantitative estimate of drug-likeness (QED) is 0.893. The number of aryl methyl sites for hydroxylation is 2. The van der Waals surface area contributed by atoms with Crippen molar-refractivity contribution in [3.05, 3.63) is 11.3 Å². The molecule has 1 heterocycles. The van der Waals surface area contributed by atoms with Crippen LogP contribution in [0.3, 0.4) is 0 Å². The molecule has 18 heavy (non-hydrogen) atoms. The molecule has 4 heteroatoms. The molecule has 1 aliphatic carbocycles. The monoisotopic (exact) mass is 251 g/mol. The number of ether oxygens (including phenoxy) is 1. The van der Waals surface area contributed by atoms with Crippen molar-refractivity contribution in [1.82, 2.24) is 15.1 Å². The SMILES string of the molecule is COc1c(CNC2CCC(C)CC2)c(C)nn1C. The Balaban J connectivity index is 1.94. The summed E-state index contributed by atoms with van der Waals surface area (Å²) in [7, 11) is 3.64. The lowest BCUT2D eigenvalue weighted by Crippen LogP contribution is -2.32. The molecule has 1 N–H and O–H groups in total. The number of nitrogens with one attached hydrogen (secondary N) is 1. The molecule has 1 saturated carbocycles. The highest BCUT2D eigenvalue weighted by Gasteiger charge is 2.19. The third kappa shape index (κ3) is 2.86. The molecule has 1 aliphatic rings. The van der Waals surface area contributed by atoms with Gasteiger partial charge in [0.05, 0.1) is 18.4 Å². The summed E-state index contributed by atoms with van der Waals surface area (Å²) in [5.74, 6) is 1.78. The Hall–Kier alpha value is -1.03. The Kier molecular flexibility index (Phi) is 4.27. The van der Waals surface area contributed by atoms with Crippen LogP contribution in [0, 0.1) is 12.8 Å². The summed E-state index contributed by atoms with van der Waals surface area (Å²) in [5, 5.41) is 8.06. The summed E-state index contributed by atoms with van der Waals surface area (Å²) in [5.41, 5.74) is 2.25. The van der Waals surface area contributed by atoms with Crippen LogP contribution in [0.15, 0.2) is 0 Å². The van der Waals surface area contributed by atoms with Gasteiger partial charge >= 0.3 is 0 Å². The maximum absolute atomic E-state index is 5.41. The van der Waals surface area contributed by atoms with E-state index in [1.807, 2.05) is 18.7 Å². The Morgan fingerprint density at radius 2 is 2.00 bits per heavy atom. The highest BCUT2D eigenvalue weighted by atomic mass is 16.5. The lowest BCUT2D eigenvalue weighted by Gasteiger charge is -2.27. The maximum atomic E-state index is 5.41. The molecule has 1 fully saturated rings. The first-order valence-electron chi connectivity index (χ1n) is 6.91. The molecule has 0 bridgehead atoms. The van der Waals surface area contributed by atoms with Gasteiger partial charge in [-0.2, -0.15) is 5.10 Å². The van der Waals surface area contributed by atoms with E-state index in [0.29, 0.717) is 6.04 Å². The van der Waals surface area contributed by atoms with E-state index in [4.69, 9.17) is 4.74 Å². The van der Waals surface area contributed by atoms with Gasteiger partial charge in [0.2, 0.25) is 5.88 Å². The fourth-order valence-electron chi connectivity index (χ4n) is 2.85. The minimum atomic E-state index is 0.658. The number of hydrogen-bond acceptors (Lipinski definition) is 3. The molecule has 4 nitrogen and oxygen atoms in total. The first-order valence-corrected chi connectivity index (χ1v) is 6.91. The number of hydrogen-bond donors (Lipinski definition) is 1. The third-order valence-corrected chi connectivity index (χ3v) is 4.07. The van der Waals surface area contributed by atoms with E-state index in [2.05, 4.69) is 17.3 Å². The molecule has 102 valence electrons. The number of aromatic nitrogens is 2. The average Bonchev–Trinajstić information content (AvgIpc) is 2.62. The Morgan fingerprint density at radius 3 is 2.61 bits per heavy atom. The minimum absolute atomic E-state index is 0.658. The van der Waals surface area contributed by atoms with Crippen LogP contribution in [0.4, 0.5) is 0 Å². The van der Waals surface area contributed by atoms with Gasteiger partial charge in [0.25, 0.3) is 0 Å². The zero-order valence-corrected chi connectivity index (χ0v) is 12.0. The molecule has 0 aromatic carbocycles. The van der Waals surface area contributed by atoms with Crippen molar-refractivity contribution >= 4 is 0 Å². The molecule has 2 rings (SSSR count). The zero-order chi connectivity index (χ0) is 13.1. The van der Waals surface area contributed by atoms with Crippen LogP contribution in [0.25, 0.3) is 0 Å². The first kappa shape index (κ1) is 13.4. The second kappa shape index (κ2) is 5.74. The predicted octanol–water partition coefficient (Wildman–Crippen LogP) is 2.41. The summed E-state index contributed by atoms with van der Waals surface area (Å²) in [6, 6.07) is 0.658. The van der Waals surface area contributed by atoms with E-state index in [9.17, 15) is 0 Å².